The fourth-order valence-corrected chi connectivity index (χ4v) is 14.2. The van der Waals surface area contributed by atoms with Crippen LogP contribution in [-0.4, -0.2) is 102 Å². The molecule has 0 radical (unpaired) electrons. The molecular weight excluding hydrogens is 767 g/mol. The second-order valence-electron chi connectivity index (χ2n) is 22.4. The van der Waals surface area contributed by atoms with E-state index in [0.29, 0.717) is 32.5 Å². The summed E-state index contributed by atoms with van der Waals surface area (Å²) < 4.78 is 30.0. The lowest BCUT2D eigenvalue weighted by atomic mass is 9.73. The van der Waals surface area contributed by atoms with Gasteiger partial charge in [-0.25, -0.2) is 4.72 Å². The van der Waals surface area contributed by atoms with Crippen molar-refractivity contribution < 1.29 is 32.4 Å². The quantitative estimate of drug-likeness (QED) is 0.204. The molecule has 3 heterocycles. The average Bonchev–Trinajstić information content (AvgIpc) is 3.57. The van der Waals surface area contributed by atoms with Gasteiger partial charge in [-0.2, -0.15) is 12.7 Å². The van der Waals surface area contributed by atoms with Gasteiger partial charge in [-0.05, 0) is 107 Å². The molecule has 3 aliphatic heterocycles. The van der Waals surface area contributed by atoms with Gasteiger partial charge in [0.2, 0.25) is 17.7 Å². The molecule has 0 aromatic heterocycles. The van der Waals surface area contributed by atoms with Crippen molar-refractivity contribution in [1.82, 2.24) is 24.1 Å². The second-order valence-corrected chi connectivity index (χ2v) is 24.0. The van der Waals surface area contributed by atoms with Crippen LogP contribution in [0.2, 0.25) is 0 Å². The third-order valence-electron chi connectivity index (χ3n) is 17.2. The number of carbonyl (C=O) groups is 5. The summed E-state index contributed by atoms with van der Waals surface area (Å²) in [5.41, 5.74) is -2.41. The highest BCUT2D eigenvalue weighted by molar-refractivity contribution is 7.87. The van der Waals surface area contributed by atoms with E-state index < -0.39 is 44.9 Å². The van der Waals surface area contributed by atoms with E-state index in [0.717, 1.165) is 77.2 Å². The predicted molar refractivity (Wildman–Crippen MR) is 227 cm³/mol. The summed E-state index contributed by atoms with van der Waals surface area (Å²) >= 11 is 0. The SMILES string of the molecule is C=C[C@@H]1C[C@]1(CC(=O)[C@@H]1C[C@@]2(CN1C(=O)[C@@H](CC(=O)[C@@H](NC(=O)C1CCN1C(C)(C)C)C1CCCCC1)C(C)(C)C)C(C)(C)C21CCC1)C(=O)NS(=O)(=O)N1CCCC1. The van der Waals surface area contributed by atoms with E-state index in [2.05, 4.69) is 56.1 Å². The number of nitrogens with one attached hydrogen (secondary N) is 2. The highest BCUT2D eigenvalue weighted by atomic mass is 32.2. The van der Waals surface area contributed by atoms with E-state index in [1.165, 1.54) is 4.31 Å². The van der Waals surface area contributed by atoms with E-state index in [-0.39, 0.29) is 75.9 Å². The van der Waals surface area contributed by atoms with Gasteiger partial charge in [-0.15, -0.1) is 6.58 Å². The Kier molecular flexibility index (Phi) is 11.5. The molecule has 7 atom stereocenters. The van der Waals surface area contributed by atoms with Crippen molar-refractivity contribution in [3.63, 3.8) is 0 Å². The van der Waals surface area contributed by atoms with Crippen LogP contribution in [0, 0.1) is 44.8 Å². The molecule has 7 aliphatic rings. The van der Waals surface area contributed by atoms with Gasteiger partial charge < -0.3 is 10.2 Å². The zero-order valence-electron chi connectivity index (χ0n) is 37.3. The van der Waals surface area contributed by atoms with Gasteiger partial charge in [-0.1, -0.05) is 66.4 Å². The molecule has 4 saturated carbocycles. The third kappa shape index (κ3) is 7.46. The summed E-state index contributed by atoms with van der Waals surface area (Å²) in [5.74, 6) is -2.50. The first-order chi connectivity index (χ1) is 27.5. The van der Waals surface area contributed by atoms with Gasteiger partial charge in [0.25, 0.3) is 0 Å². The number of ketones is 2. The van der Waals surface area contributed by atoms with E-state index >= 15 is 4.79 Å². The van der Waals surface area contributed by atoms with Gasteiger partial charge in [0, 0.05) is 55.9 Å². The molecule has 12 nitrogen and oxygen atoms in total. The number of hydrogen-bond donors (Lipinski definition) is 2. The summed E-state index contributed by atoms with van der Waals surface area (Å²) in [6, 6.07) is -1.78. The van der Waals surface area contributed by atoms with Crippen LogP contribution in [0.5, 0.6) is 0 Å². The molecule has 0 bridgehead atoms. The maximum Gasteiger partial charge on any atom is 0.303 e. The van der Waals surface area contributed by atoms with Crippen LogP contribution in [0.4, 0.5) is 0 Å². The first kappa shape index (κ1) is 44.4. The van der Waals surface area contributed by atoms with Crippen LogP contribution in [0.15, 0.2) is 12.7 Å². The molecular formula is C46H73N5O7S. The number of likely N-dealkylation sites (tertiary alicyclic amines) is 2. The zero-order chi connectivity index (χ0) is 43.1. The van der Waals surface area contributed by atoms with Gasteiger partial charge in [0.15, 0.2) is 11.6 Å². The summed E-state index contributed by atoms with van der Waals surface area (Å²) in [7, 11) is -4.06. The van der Waals surface area contributed by atoms with E-state index in [1.807, 2.05) is 20.8 Å². The first-order valence-electron chi connectivity index (χ1n) is 22.8. The Balaban J connectivity index is 1.15. The maximum absolute atomic E-state index is 15.3. The van der Waals surface area contributed by atoms with Crippen molar-refractivity contribution in [2.75, 3.05) is 26.2 Å². The summed E-state index contributed by atoms with van der Waals surface area (Å²) in [5, 5.41) is 3.23. The molecule has 7 rings (SSSR count). The van der Waals surface area contributed by atoms with Gasteiger partial charge in [-0.3, -0.25) is 28.9 Å². The molecule has 13 heteroatoms. The smallest absolute Gasteiger partial charge is 0.303 e. The lowest BCUT2D eigenvalue weighted by Crippen LogP contribution is -2.64. The Morgan fingerprint density at radius 2 is 1.47 bits per heavy atom. The Morgan fingerprint density at radius 3 is 1.97 bits per heavy atom. The van der Waals surface area contributed by atoms with E-state index in [9.17, 15) is 27.6 Å². The maximum atomic E-state index is 15.3. The van der Waals surface area contributed by atoms with Crippen molar-refractivity contribution in [3.05, 3.63) is 12.7 Å². The Labute approximate surface area is 354 Å². The number of carbonyl (C=O) groups excluding carboxylic acids is 5. The van der Waals surface area contributed by atoms with E-state index in [1.54, 1.807) is 11.0 Å². The molecule has 3 amide bonds. The minimum atomic E-state index is -4.06. The minimum absolute atomic E-state index is 0.00201. The monoisotopic (exact) mass is 840 g/mol. The molecule has 4 aliphatic carbocycles. The Hall–Kier alpha value is -2.64. The number of nitrogens with zero attached hydrogens (tertiary/aromatic N) is 3. The van der Waals surface area contributed by atoms with Crippen molar-refractivity contribution in [2.45, 2.75) is 175 Å². The van der Waals surface area contributed by atoms with Crippen LogP contribution in [0.3, 0.4) is 0 Å². The fraction of sp³-hybridized carbons (Fsp3) is 0.848. The Bertz CT molecular complexity index is 1830. The second kappa shape index (κ2) is 15.3. The lowest BCUT2D eigenvalue weighted by Gasteiger charge is -2.49. The number of hydrogen-bond acceptors (Lipinski definition) is 8. The molecule has 0 aromatic rings. The van der Waals surface area contributed by atoms with Crippen molar-refractivity contribution in [1.29, 1.82) is 0 Å². The van der Waals surface area contributed by atoms with Crippen molar-refractivity contribution in [2.24, 2.45) is 44.8 Å². The minimum Gasteiger partial charge on any atom is -0.345 e. The molecule has 2 spiro atoms. The standard InChI is InChI=1S/C46H73N5O7S/c1-10-31-26-44(31,40(56)48-59(57,58)49-22-14-15-23-49)28-36(53)34-27-46(43(8,9)45(46)20-16-21-45)29-50(34)39(55)32(41(2,3)4)25-35(52)37(30-17-12-11-13-18-30)47-38(54)33-19-24-51(33)42(5,6)7/h10,30-34,37H,1,11-29H2,2-9H3,(H,47,54)(H,48,56)/t31-,32-,33?,34+,37+,44-,46-/m1/s1. The van der Waals surface area contributed by atoms with Gasteiger partial charge in [0.1, 0.15) is 0 Å². The molecule has 330 valence electrons. The van der Waals surface area contributed by atoms with Crippen LogP contribution < -0.4 is 10.0 Å². The topological polar surface area (TPSA) is 153 Å². The first-order valence-corrected chi connectivity index (χ1v) is 24.3. The summed E-state index contributed by atoms with van der Waals surface area (Å²) in [4.78, 5) is 76.7. The van der Waals surface area contributed by atoms with Crippen LogP contribution in [0.25, 0.3) is 0 Å². The number of fused-ring (bicyclic) bond motifs is 1. The fourth-order valence-electron chi connectivity index (χ4n) is 12.9. The molecule has 1 unspecified atom stereocenters. The van der Waals surface area contributed by atoms with Crippen molar-refractivity contribution >= 4 is 39.5 Å². The largest absolute Gasteiger partial charge is 0.345 e. The number of amides is 3. The van der Waals surface area contributed by atoms with Crippen LogP contribution in [-0.2, 0) is 34.2 Å². The summed E-state index contributed by atoms with van der Waals surface area (Å²) in [6.07, 6.45) is 12.4. The highest BCUT2D eigenvalue weighted by Crippen LogP contribution is 2.88. The van der Waals surface area contributed by atoms with E-state index in [4.69, 9.17) is 0 Å². The molecule has 3 saturated heterocycles. The van der Waals surface area contributed by atoms with Gasteiger partial charge >= 0.3 is 10.2 Å². The molecule has 7 fully saturated rings. The number of rotatable bonds is 14. The normalized spacial score (nSPS) is 32.8. The predicted octanol–water partition coefficient (Wildman–Crippen LogP) is 5.95. The van der Waals surface area contributed by atoms with Gasteiger partial charge in [0.05, 0.1) is 23.5 Å². The molecule has 59 heavy (non-hydrogen) atoms. The zero-order valence-corrected chi connectivity index (χ0v) is 38.1. The van der Waals surface area contributed by atoms with Crippen molar-refractivity contribution in [3.8, 4) is 0 Å². The molecule has 0 aromatic carbocycles. The van der Waals surface area contributed by atoms with Crippen LogP contribution >= 0.6 is 0 Å². The number of allylic oxidation sites excluding steroid dienone is 1. The highest BCUT2D eigenvalue weighted by Gasteiger charge is 2.85. The molecule has 2 N–H and O–H groups in total. The average molecular weight is 840 g/mol. The Morgan fingerprint density at radius 1 is 0.831 bits per heavy atom. The third-order valence-corrected chi connectivity index (χ3v) is 18.6. The number of Topliss-reactive ketones (excluding diaryl/α,β-unsaturated/α-hetero) is 2. The summed E-state index contributed by atoms with van der Waals surface area (Å²) in [6.45, 7) is 22.6. The lowest BCUT2D eigenvalue weighted by molar-refractivity contribution is -0.147. The van der Waals surface area contributed by atoms with Crippen LogP contribution in [0.1, 0.15) is 152 Å².